The number of nitrogens with zero attached hydrogens (tertiary/aromatic N) is 1. The molecule has 1 heterocycles. The van der Waals surface area contributed by atoms with E-state index in [1.165, 1.54) is 4.57 Å². The van der Waals surface area contributed by atoms with Crippen LogP contribution in [-0.2, 0) is 13.6 Å². The van der Waals surface area contributed by atoms with E-state index >= 15 is 0 Å². The summed E-state index contributed by atoms with van der Waals surface area (Å²) in [5.41, 5.74) is 2.05. The molecule has 0 saturated carbocycles. The second kappa shape index (κ2) is 4.59. The van der Waals surface area contributed by atoms with Crippen LogP contribution in [0.1, 0.15) is 19.4 Å². The quantitative estimate of drug-likeness (QED) is 0.849. The number of rotatable bonds is 4. The van der Waals surface area contributed by atoms with Gasteiger partial charge in [0.25, 0.3) is 0 Å². The number of benzene rings is 1. The Kier molecular flexibility index (Phi) is 3.28. The number of nitrogens with one attached hydrogen (secondary N) is 1. The zero-order chi connectivity index (χ0) is 13.3. The first-order valence-electron chi connectivity index (χ1n) is 5.87. The van der Waals surface area contributed by atoms with Crippen molar-refractivity contribution in [1.29, 1.82) is 0 Å². The Labute approximate surface area is 105 Å². The van der Waals surface area contributed by atoms with Crippen molar-refractivity contribution < 1.29 is 9.52 Å². The second-order valence-corrected chi connectivity index (χ2v) is 5.12. The molecule has 0 spiro atoms. The highest BCUT2D eigenvalue weighted by molar-refractivity contribution is 5.73. The maximum Gasteiger partial charge on any atom is 0.419 e. The zero-order valence-electron chi connectivity index (χ0n) is 10.9. The molecule has 0 unspecified atom stereocenters. The Balaban J connectivity index is 2.23. The molecule has 1 aromatic heterocycles. The number of aryl methyl sites for hydroxylation is 1. The fraction of sp³-hybridized carbons (Fsp3) is 0.462. The lowest BCUT2D eigenvalue weighted by Crippen LogP contribution is -2.42. The lowest BCUT2D eigenvalue weighted by atomic mass is 10.1. The molecule has 0 aliphatic carbocycles. The molecule has 0 atom stereocenters. The summed E-state index contributed by atoms with van der Waals surface area (Å²) in [7, 11) is 1.68. The lowest BCUT2D eigenvalue weighted by Gasteiger charge is -2.23. The molecule has 0 radical (unpaired) electrons. The molecule has 5 nitrogen and oxygen atoms in total. The normalized spacial score (nSPS) is 12.2. The molecule has 0 amide bonds. The van der Waals surface area contributed by atoms with Crippen LogP contribution < -0.4 is 11.1 Å². The van der Waals surface area contributed by atoms with Gasteiger partial charge in [-0.05, 0) is 31.5 Å². The van der Waals surface area contributed by atoms with Crippen molar-refractivity contribution in [2.24, 2.45) is 7.05 Å². The SMILES string of the molecule is Cn1c(=O)oc2cc(CNC(C)(C)CO)ccc21. The Morgan fingerprint density at radius 1 is 1.44 bits per heavy atom. The van der Waals surface area contributed by atoms with E-state index in [0.717, 1.165) is 11.1 Å². The van der Waals surface area contributed by atoms with Gasteiger partial charge in [0.15, 0.2) is 5.58 Å². The summed E-state index contributed by atoms with van der Waals surface area (Å²) >= 11 is 0. The highest BCUT2D eigenvalue weighted by atomic mass is 16.4. The van der Waals surface area contributed by atoms with Crippen LogP contribution in [0.15, 0.2) is 27.4 Å². The maximum atomic E-state index is 11.4. The number of aliphatic hydroxyl groups excluding tert-OH is 1. The van der Waals surface area contributed by atoms with Crippen LogP contribution in [0.25, 0.3) is 11.1 Å². The number of hydrogen-bond acceptors (Lipinski definition) is 4. The highest BCUT2D eigenvalue weighted by Gasteiger charge is 2.15. The standard InChI is InChI=1S/C13H18N2O3/c1-13(2,8-16)14-7-9-4-5-10-11(6-9)18-12(17)15(10)3/h4-6,14,16H,7-8H2,1-3H3. The van der Waals surface area contributed by atoms with Gasteiger partial charge in [-0.1, -0.05) is 6.07 Å². The van der Waals surface area contributed by atoms with Crippen LogP contribution in [0.3, 0.4) is 0 Å². The van der Waals surface area contributed by atoms with Crippen molar-refractivity contribution in [2.45, 2.75) is 25.9 Å². The molecule has 0 saturated heterocycles. The zero-order valence-corrected chi connectivity index (χ0v) is 10.9. The van der Waals surface area contributed by atoms with Crippen LogP contribution in [-0.4, -0.2) is 21.8 Å². The van der Waals surface area contributed by atoms with Crippen LogP contribution >= 0.6 is 0 Å². The largest absolute Gasteiger partial charge is 0.419 e. The Morgan fingerprint density at radius 2 is 2.17 bits per heavy atom. The fourth-order valence-electron chi connectivity index (χ4n) is 1.69. The van der Waals surface area contributed by atoms with E-state index in [1.807, 2.05) is 32.0 Å². The van der Waals surface area contributed by atoms with E-state index in [9.17, 15) is 4.79 Å². The van der Waals surface area contributed by atoms with E-state index < -0.39 is 0 Å². The predicted octanol–water partition coefficient (Wildman–Crippen LogP) is 0.992. The maximum absolute atomic E-state index is 11.4. The van der Waals surface area contributed by atoms with Crippen molar-refractivity contribution in [3.8, 4) is 0 Å². The van der Waals surface area contributed by atoms with Gasteiger partial charge in [0.2, 0.25) is 0 Å². The molecular weight excluding hydrogens is 232 g/mol. The molecular formula is C13H18N2O3. The van der Waals surface area contributed by atoms with Crippen molar-refractivity contribution >= 4 is 11.1 Å². The van der Waals surface area contributed by atoms with Crippen LogP contribution in [0.5, 0.6) is 0 Å². The fourth-order valence-corrected chi connectivity index (χ4v) is 1.69. The van der Waals surface area contributed by atoms with E-state index in [-0.39, 0.29) is 17.9 Å². The van der Waals surface area contributed by atoms with Crippen LogP contribution in [0.2, 0.25) is 0 Å². The molecule has 0 fully saturated rings. The van der Waals surface area contributed by atoms with Crippen molar-refractivity contribution in [2.75, 3.05) is 6.61 Å². The first-order chi connectivity index (χ1) is 8.43. The summed E-state index contributed by atoms with van der Waals surface area (Å²) in [5.74, 6) is -0.356. The smallest absolute Gasteiger partial charge is 0.408 e. The predicted molar refractivity (Wildman–Crippen MR) is 69.5 cm³/mol. The lowest BCUT2D eigenvalue weighted by molar-refractivity contribution is 0.187. The van der Waals surface area contributed by atoms with Gasteiger partial charge >= 0.3 is 5.76 Å². The van der Waals surface area contributed by atoms with Crippen LogP contribution in [0.4, 0.5) is 0 Å². The Morgan fingerprint density at radius 3 is 2.83 bits per heavy atom. The first-order valence-corrected chi connectivity index (χ1v) is 5.87. The van der Waals surface area contributed by atoms with E-state index in [2.05, 4.69) is 5.32 Å². The monoisotopic (exact) mass is 250 g/mol. The third-order valence-electron chi connectivity index (χ3n) is 3.02. The number of oxazole rings is 1. The van der Waals surface area contributed by atoms with E-state index in [0.29, 0.717) is 12.1 Å². The van der Waals surface area contributed by atoms with Gasteiger partial charge in [-0.3, -0.25) is 4.57 Å². The molecule has 0 aliphatic heterocycles. The summed E-state index contributed by atoms with van der Waals surface area (Å²) in [6, 6.07) is 5.65. The van der Waals surface area contributed by atoms with Gasteiger partial charge in [-0.25, -0.2) is 4.79 Å². The van der Waals surface area contributed by atoms with Gasteiger partial charge in [0, 0.05) is 19.1 Å². The minimum atomic E-state index is -0.356. The van der Waals surface area contributed by atoms with Gasteiger partial charge in [-0.15, -0.1) is 0 Å². The minimum absolute atomic E-state index is 0.0651. The second-order valence-electron chi connectivity index (χ2n) is 5.12. The third-order valence-corrected chi connectivity index (χ3v) is 3.02. The highest BCUT2D eigenvalue weighted by Crippen LogP contribution is 2.14. The summed E-state index contributed by atoms with van der Waals surface area (Å²) in [6.45, 7) is 4.53. The molecule has 0 bridgehead atoms. The number of fused-ring (bicyclic) bond motifs is 1. The molecule has 98 valence electrons. The molecule has 1 aromatic carbocycles. The number of hydrogen-bond donors (Lipinski definition) is 2. The average Bonchev–Trinajstić information content (AvgIpc) is 2.62. The van der Waals surface area contributed by atoms with Crippen LogP contribution in [0, 0.1) is 0 Å². The van der Waals surface area contributed by atoms with Crippen molar-refractivity contribution in [3.63, 3.8) is 0 Å². The number of aromatic nitrogens is 1. The molecule has 2 N–H and O–H groups in total. The Bertz CT molecular complexity index is 610. The summed E-state index contributed by atoms with van der Waals surface area (Å²) < 4.78 is 6.60. The van der Waals surface area contributed by atoms with E-state index in [1.54, 1.807) is 7.05 Å². The topological polar surface area (TPSA) is 67.4 Å². The van der Waals surface area contributed by atoms with Gasteiger partial charge in [-0.2, -0.15) is 0 Å². The van der Waals surface area contributed by atoms with Gasteiger partial charge in [0.1, 0.15) is 0 Å². The molecule has 2 rings (SSSR count). The van der Waals surface area contributed by atoms with Gasteiger partial charge in [0.05, 0.1) is 12.1 Å². The molecule has 2 aromatic rings. The minimum Gasteiger partial charge on any atom is -0.408 e. The van der Waals surface area contributed by atoms with Crippen molar-refractivity contribution in [3.05, 3.63) is 34.3 Å². The van der Waals surface area contributed by atoms with E-state index in [4.69, 9.17) is 9.52 Å². The molecule has 18 heavy (non-hydrogen) atoms. The number of aliphatic hydroxyl groups is 1. The summed E-state index contributed by atoms with van der Waals surface area (Å²) in [6.07, 6.45) is 0. The molecule has 0 aliphatic rings. The van der Waals surface area contributed by atoms with Gasteiger partial charge < -0.3 is 14.8 Å². The average molecular weight is 250 g/mol. The molecule has 5 heteroatoms. The van der Waals surface area contributed by atoms with Crippen molar-refractivity contribution in [1.82, 2.24) is 9.88 Å². The Hall–Kier alpha value is -1.59. The third kappa shape index (κ3) is 2.47. The summed E-state index contributed by atoms with van der Waals surface area (Å²) in [4.78, 5) is 11.4. The summed E-state index contributed by atoms with van der Waals surface area (Å²) in [5, 5.41) is 12.4. The first kappa shape index (κ1) is 12.9.